The molecule has 4 radical (unpaired) electrons. The van der Waals surface area contributed by atoms with Crippen LogP contribution in [0.2, 0.25) is 0 Å². The second kappa shape index (κ2) is 82.6. The first kappa shape index (κ1) is 128. The van der Waals surface area contributed by atoms with Gasteiger partial charge in [0.2, 0.25) is 5.78 Å². The SMILES string of the molecule is C.C.C=C1C=CN(C)c2ccccc21.C=C1C=Cc2ccccc2N1C.C=C1CC2=C(C(=O)C=CC2=O)N1C.C=C1CCCN1C.CC.CC.CC.CC.CC.CC.CC.CC.CC.CC1=NC=CC1.CC1=NCC=N1.CC1=NCCC1.CC1=Nc2cccc3cccc1c23.CN1CCCC1.CN1CCCC1.[Y].[Y].[Y].[Y]. The Balaban J connectivity index is -0.000000126. The molecule has 0 atom stereocenters. The summed E-state index contributed by atoms with van der Waals surface area (Å²) in [5.74, 6) is 0.728. The number of likely N-dealkylation sites (N-methyl/N-ethyl adjacent to an activating group) is 2. The maximum atomic E-state index is 11.4. The van der Waals surface area contributed by atoms with Crippen molar-refractivity contribution in [2.45, 2.75) is 231 Å². The van der Waals surface area contributed by atoms with Gasteiger partial charge >= 0.3 is 0 Å². The van der Waals surface area contributed by atoms with Gasteiger partial charge in [0, 0.05) is 271 Å². The summed E-state index contributed by atoms with van der Waals surface area (Å²) < 4.78 is 0. The van der Waals surface area contributed by atoms with E-state index in [2.05, 4.69) is 184 Å². The number of hydrogen-bond donors (Lipinski definition) is 0. The minimum Gasteiger partial charge on any atom is -0.378 e. The van der Waals surface area contributed by atoms with Crippen molar-refractivity contribution in [2.24, 2.45) is 25.0 Å². The van der Waals surface area contributed by atoms with E-state index in [9.17, 15) is 9.59 Å². The number of aliphatic imine (C=N–C) groups is 5. The van der Waals surface area contributed by atoms with Crippen molar-refractivity contribution < 1.29 is 140 Å². The quantitative estimate of drug-likeness (QED) is 0.160. The molecule has 4 aromatic carbocycles. The Morgan fingerprint density at radius 3 is 1.35 bits per heavy atom. The summed E-state index contributed by atoms with van der Waals surface area (Å²) in [7, 11) is 12.3. The van der Waals surface area contributed by atoms with Gasteiger partial charge < -0.3 is 29.4 Å². The van der Waals surface area contributed by atoms with E-state index < -0.39 is 0 Å². The Labute approximate surface area is 784 Å². The molecule has 10 aliphatic heterocycles. The van der Waals surface area contributed by atoms with Gasteiger partial charge in [0.25, 0.3) is 0 Å². The molecule has 10 heterocycles. The summed E-state index contributed by atoms with van der Waals surface area (Å²) in [5, 5.41) is 2.60. The molecule has 612 valence electrons. The van der Waals surface area contributed by atoms with Crippen molar-refractivity contribution in [1.29, 1.82) is 0 Å². The molecule has 0 aromatic heterocycles. The van der Waals surface area contributed by atoms with Crippen molar-refractivity contribution in [3.05, 3.63) is 199 Å². The fourth-order valence-corrected chi connectivity index (χ4v) is 10.5. The first-order valence-electron chi connectivity index (χ1n) is 39.7. The molecule has 17 heteroatoms. The number of anilines is 2. The van der Waals surface area contributed by atoms with Gasteiger partial charge in [-0.2, -0.15) is 0 Å². The number of ketones is 2. The molecule has 0 spiro atoms. The zero-order valence-corrected chi connectivity index (χ0v) is 85.5. The first-order valence-corrected chi connectivity index (χ1v) is 39.7. The zero-order chi connectivity index (χ0) is 80.8. The van der Waals surface area contributed by atoms with Crippen molar-refractivity contribution >= 4 is 80.2 Å². The summed E-state index contributed by atoms with van der Waals surface area (Å²) >= 11 is 0. The Morgan fingerprint density at radius 1 is 0.468 bits per heavy atom. The van der Waals surface area contributed by atoms with Crippen LogP contribution in [0.4, 0.5) is 17.1 Å². The number of carbonyl (C=O) groups excluding carboxylic acids is 2. The predicted octanol–water partition coefficient (Wildman–Crippen LogP) is 25.7. The fraction of sp³-hybridized carbons (Fsp3) is 0.500. The van der Waals surface area contributed by atoms with Crippen molar-refractivity contribution in [2.75, 3.05) is 97.9 Å². The number of hydrogen-bond acceptors (Lipinski definition) is 13. The largest absolute Gasteiger partial charge is 0.378 e. The normalized spacial score (nSPS) is 15.0. The molecule has 4 aromatic rings. The van der Waals surface area contributed by atoms with Gasteiger partial charge in [0.15, 0.2) is 5.78 Å². The molecule has 0 saturated carbocycles. The van der Waals surface area contributed by atoms with Gasteiger partial charge in [-0.3, -0.25) is 29.6 Å². The zero-order valence-electron chi connectivity index (χ0n) is 74.2. The second-order valence-corrected chi connectivity index (χ2v) is 23.0. The van der Waals surface area contributed by atoms with Crippen molar-refractivity contribution in [1.82, 2.24) is 19.6 Å². The van der Waals surface area contributed by atoms with Gasteiger partial charge in [-0.05, 0) is 178 Å². The minimum atomic E-state index is -0.101. The number of carbonyl (C=O) groups is 2. The van der Waals surface area contributed by atoms with Crippen LogP contribution in [0.3, 0.4) is 0 Å². The van der Waals surface area contributed by atoms with E-state index in [1.807, 2.05) is 201 Å². The maximum absolute atomic E-state index is 11.4. The minimum absolute atomic E-state index is 0. The smallest absolute Gasteiger partial charge is 0.202 e. The number of rotatable bonds is 0. The summed E-state index contributed by atoms with van der Waals surface area (Å²) in [5.41, 5.74) is 16.3. The van der Waals surface area contributed by atoms with Gasteiger partial charge in [-0.25, -0.2) is 4.99 Å². The van der Waals surface area contributed by atoms with Gasteiger partial charge in [-0.15, -0.1) is 0 Å². The van der Waals surface area contributed by atoms with Crippen LogP contribution in [0, 0.1) is 0 Å². The Bertz CT molecular complexity index is 3410. The van der Waals surface area contributed by atoms with E-state index in [0.717, 1.165) is 53.7 Å². The van der Waals surface area contributed by atoms with Crippen LogP contribution >= 0.6 is 0 Å². The average molecular weight is 1830 g/mol. The van der Waals surface area contributed by atoms with E-state index in [4.69, 9.17) is 0 Å². The van der Waals surface area contributed by atoms with E-state index in [0.29, 0.717) is 17.7 Å². The molecular weight excluding hydrogens is 1670 g/mol. The predicted molar refractivity (Wildman–Crippen MR) is 490 cm³/mol. The molecule has 15 rings (SSSR count). The van der Waals surface area contributed by atoms with Crippen LogP contribution in [-0.2, 0) is 140 Å². The van der Waals surface area contributed by atoms with Crippen LogP contribution < -0.4 is 9.80 Å². The number of fused-ring (bicyclic) bond motifs is 2. The summed E-state index contributed by atoms with van der Waals surface area (Å²) in [6, 6.07) is 29.2. The third-order valence-corrected chi connectivity index (χ3v) is 16.0. The third kappa shape index (κ3) is 51.0. The summed E-state index contributed by atoms with van der Waals surface area (Å²) in [4.78, 5) is 56.0. The first-order chi connectivity index (χ1) is 50.8. The van der Waals surface area contributed by atoms with Gasteiger partial charge in [0.05, 0.1) is 17.9 Å². The third-order valence-electron chi connectivity index (χ3n) is 16.0. The standard InChI is InChI=1S/C12H9N.2C11H11N.C10H9NO2.C6H11N.2C5H11N.C5H9N.C5H7N.C4H6N2.9C2H6.2CH4.4Y/c1-8-10-6-2-4-9-5-3-7-11(13-8)12(9)10;1-9-7-8-12(2)11-6-4-3-5-10(9)11;1-9-7-8-10-5-3-4-6-11(10)12(9)2;1-6-5-7-8(12)3-4-9(13)10(7)11(6)2;1-6-4-3-5-7(6)2;2*1-6-4-2-3-5-6;2*1-5-3-2-4-6-5;1-4-5-2-3-6-4;9*1-2;;;;;;/h2-7H,1H3;2*3-8H,1H2,2H3;3-4H,1,5H2,2H3;1,3-5H2,2H3;2*2-5H2,1H3;2-4H2,1H3;2,4H,3H2,1H3;2H,3H2,1H3;9*1-2H3;2*1H4;;;;. The van der Waals surface area contributed by atoms with Crippen LogP contribution in [-0.4, -0.2) is 148 Å². The molecule has 13 nitrogen and oxygen atoms in total. The number of amidine groups is 1. The van der Waals surface area contributed by atoms with Crippen LogP contribution in [0.25, 0.3) is 22.4 Å². The number of likely N-dealkylation sites (tertiary alicyclic amines) is 3. The molecule has 0 amide bonds. The molecule has 11 aliphatic rings. The summed E-state index contributed by atoms with van der Waals surface area (Å²) in [6.07, 6.45) is 28.8. The topological polar surface area (TPSA) is 115 Å². The summed E-state index contributed by atoms with van der Waals surface area (Å²) in [6.45, 7) is 68.0. The van der Waals surface area contributed by atoms with Crippen molar-refractivity contribution in [3.63, 3.8) is 0 Å². The van der Waals surface area contributed by atoms with Gasteiger partial charge in [-0.1, -0.05) is 245 Å². The average Bonchev–Trinajstić information content (AvgIpc) is 1.65. The monoisotopic (exact) mass is 1830 g/mol. The van der Waals surface area contributed by atoms with E-state index in [-0.39, 0.29) is 157 Å². The van der Waals surface area contributed by atoms with E-state index >= 15 is 0 Å². The Hall–Kier alpha value is -3.97. The van der Waals surface area contributed by atoms with Crippen LogP contribution in [0.5, 0.6) is 0 Å². The van der Waals surface area contributed by atoms with E-state index in [1.54, 1.807) is 18.2 Å². The second-order valence-electron chi connectivity index (χ2n) is 23.0. The van der Waals surface area contributed by atoms with Crippen molar-refractivity contribution in [3.8, 4) is 0 Å². The van der Waals surface area contributed by atoms with Crippen LogP contribution in [0.1, 0.15) is 248 Å². The van der Waals surface area contributed by atoms with Crippen LogP contribution in [0.15, 0.2) is 207 Å². The number of benzene rings is 4. The Kier molecular flexibility index (Phi) is 95.0. The molecule has 111 heavy (non-hydrogen) atoms. The molecule has 0 N–H and O–H groups in total. The molecule has 0 unspecified atom stereocenters. The fourth-order valence-electron chi connectivity index (χ4n) is 10.5. The number of nitrogens with zero attached hydrogens (tertiary/aromatic N) is 11. The molecular formula is C94H157N11O2Y4. The Morgan fingerprint density at radius 2 is 0.973 bits per heavy atom. The maximum Gasteiger partial charge on any atom is 0.202 e. The molecule has 3 fully saturated rings. The molecule has 0 bridgehead atoms. The number of para-hydroxylation sites is 2. The van der Waals surface area contributed by atoms with E-state index in [1.165, 1.54) is 152 Å². The molecule has 3 saturated heterocycles. The number of allylic oxidation sites excluding steroid dienone is 8. The molecule has 1 aliphatic carbocycles. The van der Waals surface area contributed by atoms with Gasteiger partial charge in [0.1, 0.15) is 5.84 Å².